The zero-order valence-corrected chi connectivity index (χ0v) is 14.5. The first-order valence-corrected chi connectivity index (χ1v) is 8.28. The Bertz CT molecular complexity index is 839. The second kappa shape index (κ2) is 7.60. The minimum absolute atomic E-state index is 0.140. The van der Waals surface area contributed by atoms with Crippen molar-refractivity contribution in [1.29, 1.82) is 0 Å². The lowest BCUT2D eigenvalue weighted by atomic mass is 10.3. The van der Waals surface area contributed by atoms with Crippen LogP contribution in [0.1, 0.15) is 6.92 Å². The van der Waals surface area contributed by atoms with Gasteiger partial charge in [-0.05, 0) is 17.9 Å². The largest absolute Gasteiger partial charge is 0.480 e. The van der Waals surface area contributed by atoms with E-state index in [0.29, 0.717) is 5.69 Å². The number of hydrogen-bond donors (Lipinski definition) is 0. The summed E-state index contributed by atoms with van der Waals surface area (Å²) in [6, 6.07) is 3.48. The number of thioether (sulfide) groups is 1. The molecule has 11 heteroatoms. The number of alkyl halides is 5. The van der Waals surface area contributed by atoms with Crippen molar-refractivity contribution in [1.82, 2.24) is 14.5 Å². The summed E-state index contributed by atoms with van der Waals surface area (Å²) in [5, 5.41) is 0. The fourth-order valence-electron chi connectivity index (χ4n) is 1.92. The molecular formula is C15H14F5N3O2S. The molecule has 0 bridgehead atoms. The number of rotatable bonds is 6. The highest BCUT2D eigenvalue weighted by Crippen LogP contribution is 2.35. The summed E-state index contributed by atoms with van der Waals surface area (Å²) in [6.07, 6.45) is -3.46. The van der Waals surface area contributed by atoms with Gasteiger partial charge < -0.3 is 4.74 Å². The first-order valence-electron chi connectivity index (χ1n) is 7.30. The van der Waals surface area contributed by atoms with Crippen molar-refractivity contribution in [2.24, 2.45) is 7.05 Å². The second-order valence-corrected chi connectivity index (χ2v) is 6.39. The molecule has 0 aliphatic rings. The van der Waals surface area contributed by atoms with Crippen LogP contribution in [-0.4, -0.2) is 39.0 Å². The number of nitrogens with zero attached hydrogens (tertiary/aromatic N) is 3. The first kappa shape index (κ1) is 20.1. The average molecular weight is 395 g/mol. The molecule has 0 aromatic carbocycles. The lowest BCUT2D eigenvalue weighted by Crippen LogP contribution is -2.42. The van der Waals surface area contributed by atoms with E-state index in [2.05, 4.69) is 14.7 Å². The molecule has 0 atom stereocenters. The summed E-state index contributed by atoms with van der Waals surface area (Å²) < 4.78 is 67.8. The molecule has 142 valence electrons. The summed E-state index contributed by atoms with van der Waals surface area (Å²) in [7, 11) is 1.30. The number of aromatic nitrogens is 3. The predicted molar refractivity (Wildman–Crippen MR) is 85.6 cm³/mol. The molecule has 0 aliphatic carbocycles. The molecule has 2 heterocycles. The molecule has 5 nitrogen and oxygen atoms in total. The van der Waals surface area contributed by atoms with Gasteiger partial charge in [0.25, 0.3) is 5.56 Å². The van der Waals surface area contributed by atoms with Gasteiger partial charge in [0.2, 0.25) is 5.75 Å². The van der Waals surface area contributed by atoms with E-state index in [1.807, 2.05) is 6.92 Å². The van der Waals surface area contributed by atoms with E-state index in [-0.39, 0.29) is 5.82 Å². The van der Waals surface area contributed by atoms with Crippen molar-refractivity contribution in [3.05, 3.63) is 34.9 Å². The molecule has 0 aliphatic heterocycles. The Kier molecular flexibility index (Phi) is 5.89. The van der Waals surface area contributed by atoms with E-state index < -0.39 is 30.0 Å². The fourth-order valence-corrected chi connectivity index (χ4v) is 2.69. The van der Waals surface area contributed by atoms with Gasteiger partial charge in [0.1, 0.15) is 5.69 Å². The molecule has 0 radical (unpaired) electrons. The van der Waals surface area contributed by atoms with E-state index >= 15 is 0 Å². The normalized spacial score (nSPS) is 12.3. The van der Waals surface area contributed by atoms with E-state index in [9.17, 15) is 26.7 Å². The Labute approximate surface area is 149 Å². The van der Waals surface area contributed by atoms with Crippen LogP contribution in [0.15, 0.2) is 34.2 Å². The smallest absolute Gasteiger partial charge is 0.456 e. The van der Waals surface area contributed by atoms with Gasteiger partial charge in [-0.25, -0.2) is 4.98 Å². The number of hydrogen-bond acceptors (Lipinski definition) is 5. The third kappa shape index (κ3) is 4.14. The summed E-state index contributed by atoms with van der Waals surface area (Å²) in [5.41, 5.74) is -0.503. The monoisotopic (exact) mass is 395 g/mol. The maximum Gasteiger partial charge on any atom is 0.456 e. The van der Waals surface area contributed by atoms with Crippen molar-refractivity contribution >= 4 is 11.8 Å². The summed E-state index contributed by atoms with van der Waals surface area (Å²) in [6.45, 7) is -0.0844. The van der Waals surface area contributed by atoms with Gasteiger partial charge in [-0.2, -0.15) is 22.0 Å². The van der Waals surface area contributed by atoms with Crippen LogP contribution in [0, 0.1) is 0 Å². The highest BCUT2D eigenvalue weighted by molar-refractivity contribution is 7.99. The zero-order chi connectivity index (χ0) is 19.5. The van der Waals surface area contributed by atoms with Crippen molar-refractivity contribution in [3.8, 4) is 17.3 Å². The minimum Gasteiger partial charge on any atom is -0.480 e. The standard InChI is InChI=1S/C15H14F5N3O2S/c1-3-26-10-5-4-6-21-11(10)12-22-7-9(13(24)23(12)2)25-8-14(16,17)15(18,19)20/h4-7H,3,8H2,1-2H3. The number of ether oxygens (including phenoxy) is 1. The van der Waals surface area contributed by atoms with Crippen LogP contribution >= 0.6 is 11.8 Å². The van der Waals surface area contributed by atoms with Crippen LogP contribution in [0.4, 0.5) is 22.0 Å². The number of pyridine rings is 1. The Morgan fingerprint density at radius 2 is 1.92 bits per heavy atom. The molecule has 0 unspecified atom stereocenters. The first-order chi connectivity index (χ1) is 12.1. The van der Waals surface area contributed by atoms with Gasteiger partial charge in [0.05, 0.1) is 6.20 Å². The van der Waals surface area contributed by atoms with Gasteiger partial charge in [0, 0.05) is 18.1 Å². The fraction of sp³-hybridized carbons (Fsp3) is 0.400. The van der Waals surface area contributed by atoms with Gasteiger partial charge in [-0.1, -0.05) is 6.92 Å². The van der Waals surface area contributed by atoms with E-state index in [4.69, 9.17) is 0 Å². The van der Waals surface area contributed by atoms with Crippen molar-refractivity contribution in [2.75, 3.05) is 12.4 Å². The molecule has 2 rings (SSSR count). The van der Waals surface area contributed by atoms with Crippen LogP contribution in [-0.2, 0) is 7.05 Å². The average Bonchev–Trinajstić information content (AvgIpc) is 2.56. The summed E-state index contributed by atoms with van der Waals surface area (Å²) in [5.74, 6) is -4.91. The summed E-state index contributed by atoms with van der Waals surface area (Å²) in [4.78, 5) is 21.1. The van der Waals surface area contributed by atoms with Crippen LogP contribution < -0.4 is 10.3 Å². The van der Waals surface area contributed by atoms with Crippen molar-refractivity contribution in [3.63, 3.8) is 0 Å². The van der Waals surface area contributed by atoms with E-state index in [1.54, 1.807) is 12.1 Å². The minimum atomic E-state index is -5.77. The SMILES string of the molecule is CCSc1cccnc1-c1ncc(OCC(F)(F)C(F)(F)F)c(=O)n1C. The highest BCUT2D eigenvalue weighted by atomic mass is 32.2. The molecule has 26 heavy (non-hydrogen) atoms. The topological polar surface area (TPSA) is 57.0 Å². The highest BCUT2D eigenvalue weighted by Gasteiger charge is 2.58. The van der Waals surface area contributed by atoms with Crippen LogP contribution in [0.2, 0.25) is 0 Å². The third-order valence-electron chi connectivity index (χ3n) is 3.24. The van der Waals surface area contributed by atoms with Crippen LogP contribution in [0.5, 0.6) is 5.75 Å². The maximum absolute atomic E-state index is 12.9. The van der Waals surface area contributed by atoms with E-state index in [1.165, 1.54) is 25.0 Å². The predicted octanol–water partition coefficient (Wildman–Crippen LogP) is 3.53. The lowest BCUT2D eigenvalue weighted by Gasteiger charge is -2.19. The Balaban J connectivity index is 2.34. The van der Waals surface area contributed by atoms with Gasteiger partial charge in [-0.15, -0.1) is 11.8 Å². The Hall–Kier alpha value is -2.17. The second-order valence-electron chi connectivity index (χ2n) is 5.08. The Morgan fingerprint density at radius 3 is 2.54 bits per heavy atom. The van der Waals surface area contributed by atoms with Gasteiger partial charge >= 0.3 is 12.1 Å². The van der Waals surface area contributed by atoms with Gasteiger partial charge in [-0.3, -0.25) is 14.3 Å². The lowest BCUT2D eigenvalue weighted by molar-refractivity contribution is -0.290. The van der Waals surface area contributed by atoms with Crippen LogP contribution in [0.3, 0.4) is 0 Å². The quantitative estimate of drug-likeness (QED) is 0.553. The molecule has 0 amide bonds. The van der Waals surface area contributed by atoms with E-state index in [0.717, 1.165) is 21.4 Å². The molecule has 0 fully saturated rings. The molecule has 0 spiro atoms. The molecule has 0 N–H and O–H groups in total. The molecule has 0 saturated heterocycles. The van der Waals surface area contributed by atoms with Crippen molar-refractivity contribution in [2.45, 2.75) is 23.9 Å². The maximum atomic E-state index is 12.9. The van der Waals surface area contributed by atoms with Gasteiger partial charge in [0.15, 0.2) is 12.4 Å². The van der Waals surface area contributed by atoms with Crippen LogP contribution in [0.25, 0.3) is 11.5 Å². The molecule has 0 saturated carbocycles. The number of halogens is 5. The van der Waals surface area contributed by atoms with Crippen molar-refractivity contribution < 1.29 is 26.7 Å². The molecule has 2 aromatic heterocycles. The molecular weight excluding hydrogens is 381 g/mol. The zero-order valence-electron chi connectivity index (χ0n) is 13.7. The summed E-state index contributed by atoms with van der Waals surface area (Å²) >= 11 is 1.46. The molecule has 2 aromatic rings. The Morgan fingerprint density at radius 1 is 1.23 bits per heavy atom. The third-order valence-corrected chi connectivity index (χ3v) is 4.17.